The molecule has 0 aromatic rings. The van der Waals surface area contributed by atoms with Gasteiger partial charge in [0.2, 0.25) is 0 Å². The Hall–Kier alpha value is -1.85. The minimum atomic E-state index is -0.978. The summed E-state index contributed by atoms with van der Waals surface area (Å²) in [6.45, 7) is 5.13. The molecular weight excluding hydrogens is 252 g/mol. The molecule has 0 N–H and O–H groups in total. The molecule has 0 aliphatic heterocycles. The van der Waals surface area contributed by atoms with Crippen LogP contribution < -0.4 is 0 Å². The number of allylic oxidation sites excluding steroid dienone is 1. The highest BCUT2D eigenvalue weighted by Gasteiger charge is 2.27. The molecule has 108 valence electrons. The Kier molecular flexibility index (Phi) is 9.12. The van der Waals surface area contributed by atoms with Crippen molar-refractivity contribution in [3.63, 3.8) is 0 Å². The lowest BCUT2D eigenvalue weighted by atomic mass is 10.1. The number of hydrogen-bond donors (Lipinski definition) is 0. The summed E-state index contributed by atoms with van der Waals surface area (Å²) in [5.41, 5.74) is 0. The van der Waals surface area contributed by atoms with E-state index >= 15 is 0 Å². The average molecular weight is 272 g/mol. The van der Waals surface area contributed by atoms with E-state index in [1.165, 1.54) is 6.92 Å². The molecule has 0 aromatic carbocycles. The van der Waals surface area contributed by atoms with E-state index in [-0.39, 0.29) is 26.2 Å². The van der Waals surface area contributed by atoms with Crippen LogP contribution in [0.2, 0.25) is 0 Å². The molecule has 0 rings (SSSR count). The molecular formula is C13H20O6. The van der Waals surface area contributed by atoms with Crippen molar-refractivity contribution in [2.75, 3.05) is 19.8 Å². The second kappa shape index (κ2) is 10.1. The number of hydrogen-bond acceptors (Lipinski definition) is 6. The van der Waals surface area contributed by atoms with Crippen LogP contribution in [0.15, 0.2) is 12.2 Å². The minimum absolute atomic E-state index is 0.105. The summed E-state index contributed by atoms with van der Waals surface area (Å²) in [6, 6.07) is 0. The third kappa shape index (κ3) is 7.96. The standard InChI is InChI=1S/C13H20O6/c1-4-17-12(15)11(13(16)18-5-2)8-6-7-9-19-10(3)14/h6-7,11H,4-5,8-9H2,1-3H3/b7-6-. The zero-order valence-corrected chi connectivity index (χ0v) is 11.5. The fourth-order valence-corrected chi connectivity index (χ4v) is 1.24. The Bertz CT molecular complexity index is 316. The second-order valence-electron chi connectivity index (χ2n) is 3.57. The topological polar surface area (TPSA) is 78.9 Å². The van der Waals surface area contributed by atoms with Crippen molar-refractivity contribution in [3.8, 4) is 0 Å². The summed E-state index contributed by atoms with van der Waals surface area (Å²) in [6.07, 6.45) is 3.30. The lowest BCUT2D eigenvalue weighted by molar-refractivity contribution is -0.161. The Morgan fingerprint density at radius 2 is 1.47 bits per heavy atom. The SMILES string of the molecule is CCOC(=O)C(C/C=C\COC(C)=O)C(=O)OCC. The van der Waals surface area contributed by atoms with Crippen molar-refractivity contribution < 1.29 is 28.6 Å². The monoisotopic (exact) mass is 272 g/mol. The highest BCUT2D eigenvalue weighted by molar-refractivity contribution is 5.95. The number of rotatable bonds is 8. The normalized spacial score (nSPS) is 10.5. The van der Waals surface area contributed by atoms with Gasteiger partial charge in [0.25, 0.3) is 0 Å². The van der Waals surface area contributed by atoms with Gasteiger partial charge in [0, 0.05) is 6.92 Å². The van der Waals surface area contributed by atoms with Crippen LogP contribution in [0.1, 0.15) is 27.2 Å². The fourth-order valence-electron chi connectivity index (χ4n) is 1.24. The Morgan fingerprint density at radius 1 is 0.947 bits per heavy atom. The number of carbonyl (C=O) groups is 3. The van der Waals surface area contributed by atoms with Crippen LogP contribution in [0.3, 0.4) is 0 Å². The van der Waals surface area contributed by atoms with Crippen molar-refractivity contribution in [1.82, 2.24) is 0 Å². The van der Waals surface area contributed by atoms with Crippen LogP contribution in [-0.4, -0.2) is 37.7 Å². The zero-order valence-electron chi connectivity index (χ0n) is 11.5. The quantitative estimate of drug-likeness (QED) is 0.286. The van der Waals surface area contributed by atoms with Gasteiger partial charge in [0.05, 0.1) is 13.2 Å². The summed E-state index contributed by atoms with van der Waals surface area (Å²) < 4.78 is 14.3. The minimum Gasteiger partial charge on any atom is -0.465 e. The first-order valence-corrected chi connectivity index (χ1v) is 6.14. The smallest absolute Gasteiger partial charge is 0.320 e. The molecule has 0 aliphatic rings. The van der Waals surface area contributed by atoms with Crippen molar-refractivity contribution >= 4 is 17.9 Å². The molecule has 6 heteroatoms. The van der Waals surface area contributed by atoms with Crippen LogP contribution >= 0.6 is 0 Å². The van der Waals surface area contributed by atoms with Gasteiger partial charge in [-0.1, -0.05) is 12.2 Å². The summed E-state index contributed by atoms with van der Waals surface area (Å²) in [5.74, 6) is -2.60. The molecule has 0 fully saturated rings. The summed E-state index contributed by atoms with van der Waals surface area (Å²) in [7, 11) is 0. The largest absolute Gasteiger partial charge is 0.465 e. The van der Waals surface area contributed by atoms with Crippen molar-refractivity contribution in [2.24, 2.45) is 5.92 Å². The molecule has 0 atom stereocenters. The molecule has 0 bridgehead atoms. The van der Waals surface area contributed by atoms with Gasteiger partial charge in [-0.3, -0.25) is 14.4 Å². The Labute approximate surface area is 112 Å². The maximum Gasteiger partial charge on any atom is 0.320 e. The van der Waals surface area contributed by atoms with Gasteiger partial charge >= 0.3 is 17.9 Å². The molecule has 0 radical (unpaired) electrons. The van der Waals surface area contributed by atoms with E-state index in [9.17, 15) is 14.4 Å². The molecule has 0 aromatic heterocycles. The van der Waals surface area contributed by atoms with Crippen LogP contribution in [0.5, 0.6) is 0 Å². The Balaban J connectivity index is 4.37. The molecule has 0 saturated carbocycles. The van der Waals surface area contributed by atoms with E-state index in [1.807, 2.05) is 0 Å². The van der Waals surface area contributed by atoms with Gasteiger partial charge in [-0.15, -0.1) is 0 Å². The van der Waals surface area contributed by atoms with E-state index in [1.54, 1.807) is 26.0 Å². The molecule has 19 heavy (non-hydrogen) atoms. The van der Waals surface area contributed by atoms with Gasteiger partial charge < -0.3 is 14.2 Å². The van der Waals surface area contributed by atoms with Crippen LogP contribution in [0, 0.1) is 5.92 Å². The highest BCUT2D eigenvalue weighted by Crippen LogP contribution is 2.10. The zero-order chi connectivity index (χ0) is 14.7. The first-order valence-electron chi connectivity index (χ1n) is 6.14. The lowest BCUT2D eigenvalue weighted by Gasteiger charge is -2.12. The van der Waals surface area contributed by atoms with E-state index < -0.39 is 23.8 Å². The number of carbonyl (C=O) groups excluding carboxylic acids is 3. The van der Waals surface area contributed by atoms with E-state index in [0.29, 0.717) is 0 Å². The first-order chi connectivity index (χ1) is 9.02. The maximum atomic E-state index is 11.6. The summed E-state index contributed by atoms with van der Waals surface area (Å²) in [4.78, 5) is 33.7. The van der Waals surface area contributed by atoms with Crippen LogP contribution in [-0.2, 0) is 28.6 Å². The van der Waals surface area contributed by atoms with Crippen molar-refractivity contribution in [2.45, 2.75) is 27.2 Å². The van der Waals surface area contributed by atoms with Gasteiger partial charge in [-0.25, -0.2) is 0 Å². The predicted octanol–water partition coefficient (Wildman–Crippen LogP) is 1.24. The highest BCUT2D eigenvalue weighted by atomic mass is 16.6. The van der Waals surface area contributed by atoms with E-state index in [0.717, 1.165) is 0 Å². The number of ether oxygens (including phenoxy) is 3. The van der Waals surface area contributed by atoms with Crippen LogP contribution in [0.25, 0.3) is 0 Å². The third-order valence-corrected chi connectivity index (χ3v) is 2.06. The summed E-state index contributed by atoms with van der Waals surface area (Å²) >= 11 is 0. The van der Waals surface area contributed by atoms with Gasteiger partial charge in [0.15, 0.2) is 5.92 Å². The van der Waals surface area contributed by atoms with Crippen LogP contribution in [0.4, 0.5) is 0 Å². The molecule has 0 saturated heterocycles. The molecule has 0 amide bonds. The van der Waals surface area contributed by atoms with Crippen molar-refractivity contribution in [1.29, 1.82) is 0 Å². The second-order valence-corrected chi connectivity index (χ2v) is 3.57. The van der Waals surface area contributed by atoms with Gasteiger partial charge in [0.1, 0.15) is 6.61 Å². The average Bonchev–Trinajstić information content (AvgIpc) is 2.33. The van der Waals surface area contributed by atoms with E-state index in [2.05, 4.69) is 4.74 Å². The summed E-state index contributed by atoms with van der Waals surface area (Å²) in [5, 5.41) is 0. The molecule has 0 heterocycles. The maximum absolute atomic E-state index is 11.6. The Morgan fingerprint density at radius 3 is 1.89 bits per heavy atom. The number of esters is 3. The molecule has 0 aliphatic carbocycles. The lowest BCUT2D eigenvalue weighted by Crippen LogP contribution is -2.27. The fraction of sp³-hybridized carbons (Fsp3) is 0.615. The van der Waals surface area contributed by atoms with E-state index in [4.69, 9.17) is 9.47 Å². The van der Waals surface area contributed by atoms with Gasteiger partial charge in [-0.05, 0) is 20.3 Å². The van der Waals surface area contributed by atoms with Crippen molar-refractivity contribution in [3.05, 3.63) is 12.2 Å². The first kappa shape index (κ1) is 17.2. The third-order valence-electron chi connectivity index (χ3n) is 2.06. The molecule has 6 nitrogen and oxygen atoms in total. The molecule has 0 spiro atoms. The molecule has 0 unspecified atom stereocenters. The predicted molar refractivity (Wildman–Crippen MR) is 67.1 cm³/mol. The van der Waals surface area contributed by atoms with Gasteiger partial charge in [-0.2, -0.15) is 0 Å².